The fraction of sp³-hybridized carbons (Fsp3) is 0.346. The zero-order valence-corrected chi connectivity index (χ0v) is 20.0. The lowest BCUT2D eigenvalue weighted by molar-refractivity contribution is -0.134. The Labute approximate surface area is 186 Å². The molecule has 5 heteroatoms. The predicted molar refractivity (Wildman–Crippen MR) is 127 cm³/mol. The van der Waals surface area contributed by atoms with Crippen molar-refractivity contribution in [1.82, 2.24) is 0 Å². The third-order valence-corrected chi connectivity index (χ3v) is 10.8. The molecule has 31 heavy (non-hydrogen) atoms. The molecule has 0 saturated carbocycles. The monoisotopic (exact) mass is 436 g/mol. The molecule has 0 aromatic heterocycles. The van der Waals surface area contributed by atoms with Gasteiger partial charge in [0, 0.05) is 6.08 Å². The van der Waals surface area contributed by atoms with Gasteiger partial charge in [0.05, 0.1) is 19.8 Å². The quantitative estimate of drug-likeness (QED) is 0.206. The number of epoxide rings is 1. The first-order chi connectivity index (χ1) is 14.7. The maximum Gasteiger partial charge on any atom is 0.330 e. The summed E-state index contributed by atoms with van der Waals surface area (Å²) in [7, 11) is -1.35. The van der Waals surface area contributed by atoms with E-state index in [1.54, 1.807) is 6.08 Å². The normalized spacial score (nSPS) is 20.2. The molecule has 0 spiro atoms. The highest BCUT2D eigenvalue weighted by Crippen LogP contribution is 2.41. The molecule has 0 aliphatic carbocycles. The number of esters is 1. The van der Waals surface area contributed by atoms with Crippen LogP contribution in [0, 0.1) is 0 Å². The molecule has 1 fully saturated rings. The van der Waals surface area contributed by atoms with E-state index in [-0.39, 0.29) is 22.7 Å². The van der Waals surface area contributed by atoms with Crippen LogP contribution in [0.1, 0.15) is 27.7 Å². The minimum atomic E-state index is -2.72. The second-order valence-corrected chi connectivity index (χ2v) is 13.3. The van der Waals surface area contributed by atoms with Crippen LogP contribution in [0.4, 0.5) is 0 Å². The van der Waals surface area contributed by atoms with Gasteiger partial charge in [0.15, 0.2) is 0 Å². The number of allylic oxidation sites excluding steroid dienone is 2. The van der Waals surface area contributed by atoms with Crippen molar-refractivity contribution in [1.29, 1.82) is 0 Å². The van der Waals surface area contributed by atoms with Crippen LogP contribution in [-0.2, 0) is 18.7 Å². The Balaban J connectivity index is 2.09. The summed E-state index contributed by atoms with van der Waals surface area (Å²) in [5.41, 5.74) is -0.386. The molecule has 2 aromatic carbocycles. The van der Waals surface area contributed by atoms with Gasteiger partial charge in [0.2, 0.25) is 0 Å². The molecular formula is C26H32O4Si. The summed E-state index contributed by atoms with van der Waals surface area (Å²) in [6.45, 7) is 9.48. The van der Waals surface area contributed by atoms with Gasteiger partial charge in [0.1, 0.15) is 5.60 Å². The minimum Gasteiger partial charge on any atom is -0.466 e. The smallest absolute Gasteiger partial charge is 0.330 e. The first-order valence-electron chi connectivity index (χ1n) is 10.6. The van der Waals surface area contributed by atoms with Crippen molar-refractivity contribution in [3.63, 3.8) is 0 Å². The number of benzene rings is 2. The van der Waals surface area contributed by atoms with E-state index in [1.165, 1.54) is 23.6 Å². The summed E-state index contributed by atoms with van der Waals surface area (Å²) in [6, 6.07) is 21.1. The average molecular weight is 437 g/mol. The molecule has 1 heterocycles. The molecule has 0 radical (unpaired) electrons. The van der Waals surface area contributed by atoms with E-state index in [2.05, 4.69) is 81.0 Å². The molecule has 0 amide bonds. The molecule has 1 aliphatic rings. The van der Waals surface area contributed by atoms with Crippen molar-refractivity contribution in [2.45, 2.75) is 44.4 Å². The number of ether oxygens (including phenoxy) is 2. The number of carbonyl (C=O) groups excluding carboxylic acids is 1. The van der Waals surface area contributed by atoms with Crippen molar-refractivity contribution in [3.05, 3.63) is 85.0 Å². The number of hydrogen-bond donors (Lipinski definition) is 0. The summed E-state index contributed by atoms with van der Waals surface area (Å²) < 4.78 is 17.7. The van der Waals surface area contributed by atoms with Crippen LogP contribution in [-0.4, -0.2) is 39.7 Å². The van der Waals surface area contributed by atoms with Gasteiger partial charge in [-0.2, -0.15) is 0 Å². The van der Waals surface area contributed by atoms with Crippen molar-refractivity contribution in [2.75, 3.05) is 13.7 Å². The minimum absolute atomic E-state index is 0.130. The van der Waals surface area contributed by atoms with Gasteiger partial charge in [-0.1, -0.05) is 99.7 Å². The third-order valence-electron chi connectivity index (χ3n) is 5.75. The fourth-order valence-corrected chi connectivity index (χ4v) is 8.62. The van der Waals surface area contributed by atoms with E-state index in [0.717, 1.165) is 0 Å². The number of methoxy groups -OCH3 is 1. The van der Waals surface area contributed by atoms with E-state index in [1.807, 2.05) is 24.3 Å². The van der Waals surface area contributed by atoms with E-state index < -0.39 is 8.32 Å². The standard InChI is InChI=1S/C26H32O4Si/c1-25(2,3)31(21-14-8-6-9-15-21,22-16-10-7-11-17-22)30-23(26(4)20-29-26)18-12-13-19-24(27)28-5/h6-19,23H,20H2,1-5H3/b18-12+,19-13+/t23-,26+/m1/s1. The lowest BCUT2D eigenvalue weighted by Gasteiger charge is -2.45. The second-order valence-electron chi connectivity index (χ2n) is 9.07. The highest BCUT2D eigenvalue weighted by atomic mass is 28.4. The molecule has 3 rings (SSSR count). The van der Waals surface area contributed by atoms with Gasteiger partial charge in [-0.05, 0) is 22.3 Å². The van der Waals surface area contributed by atoms with Gasteiger partial charge in [-0.3, -0.25) is 0 Å². The predicted octanol–water partition coefficient (Wildman–Crippen LogP) is 4.01. The van der Waals surface area contributed by atoms with Crippen LogP contribution < -0.4 is 10.4 Å². The summed E-state index contributed by atoms with van der Waals surface area (Å²) in [4.78, 5) is 11.4. The van der Waals surface area contributed by atoms with Crippen LogP contribution in [0.3, 0.4) is 0 Å². The molecule has 2 atom stereocenters. The summed E-state index contributed by atoms with van der Waals surface area (Å²) in [6.07, 6.45) is 6.64. The average Bonchev–Trinajstić information content (AvgIpc) is 3.51. The second kappa shape index (κ2) is 9.35. The summed E-state index contributed by atoms with van der Waals surface area (Å²) in [5, 5.41) is 2.32. The van der Waals surface area contributed by atoms with Gasteiger partial charge >= 0.3 is 5.97 Å². The molecule has 0 bridgehead atoms. The Kier molecular flexibility index (Phi) is 6.99. The van der Waals surface area contributed by atoms with Crippen molar-refractivity contribution in [3.8, 4) is 0 Å². The van der Waals surface area contributed by atoms with Gasteiger partial charge < -0.3 is 13.9 Å². The largest absolute Gasteiger partial charge is 0.466 e. The van der Waals surface area contributed by atoms with Crippen molar-refractivity contribution in [2.24, 2.45) is 0 Å². The number of carbonyl (C=O) groups is 1. The highest BCUT2D eigenvalue weighted by molar-refractivity contribution is 6.99. The summed E-state index contributed by atoms with van der Waals surface area (Å²) >= 11 is 0. The van der Waals surface area contributed by atoms with Crippen LogP contribution in [0.25, 0.3) is 0 Å². The van der Waals surface area contributed by atoms with Gasteiger partial charge in [-0.15, -0.1) is 0 Å². The molecule has 1 saturated heterocycles. The van der Waals surface area contributed by atoms with E-state index in [0.29, 0.717) is 6.61 Å². The Hall–Kier alpha value is -2.47. The van der Waals surface area contributed by atoms with Crippen LogP contribution >= 0.6 is 0 Å². The molecule has 164 valence electrons. The molecule has 1 aliphatic heterocycles. The molecule has 0 unspecified atom stereocenters. The fourth-order valence-electron chi connectivity index (χ4n) is 3.89. The molecular weight excluding hydrogens is 404 g/mol. The Bertz CT molecular complexity index is 885. The van der Waals surface area contributed by atoms with E-state index in [4.69, 9.17) is 9.16 Å². The van der Waals surface area contributed by atoms with E-state index >= 15 is 0 Å². The zero-order valence-electron chi connectivity index (χ0n) is 19.0. The topological polar surface area (TPSA) is 48.1 Å². The lowest BCUT2D eigenvalue weighted by Crippen LogP contribution is -2.68. The first kappa shape index (κ1) is 23.2. The zero-order chi connectivity index (χ0) is 22.5. The van der Waals surface area contributed by atoms with Gasteiger partial charge in [0.25, 0.3) is 8.32 Å². The maximum atomic E-state index is 11.4. The number of hydrogen-bond acceptors (Lipinski definition) is 4. The highest BCUT2D eigenvalue weighted by Gasteiger charge is 2.56. The first-order valence-corrected chi connectivity index (χ1v) is 12.5. The lowest BCUT2D eigenvalue weighted by atomic mass is 10.1. The SMILES string of the molecule is COC(=O)/C=C/C=C/[C@@H](O[Si](c1ccccc1)(c1ccccc1)C(C)(C)C)[C@]1(C)CO1. The third kappa shape index (κ3) is 5.06. The Morgan fingerprint density at radius 2 is 1.55 bits per heavy atom. The summed E-state index contributed by atoms with van der Waals surface area (Å²) in [5.74, 6) is -0.386. The molecule has 0 N–H and O–H groups in total. The molecule has 4 nitrogen and oxygen atoms in total. The Morgan fingerprint density at radius 1 is 1.03 bits per heavy atom. The Morgan fingerprint density at radius 3 is 1.97 bits per heavy atom. The van der Waals surface area contributed by atoms with Crippen molar-refractivity contribution < 1.29 is 18.7 Å². The van der Waals surface area contributed by atoms with E-state index in [9.17, 15) is 4.79 Å². The maximum absolute atomic E-state index is 11.4. The number of rotatable bonds is 8. The van der Waals surface area contributed by atoms with Gasteiger partial charge in [-0.25, -0.2) is 4.79 Å². The van der Waals surface area contributed by atoms with Crippen LogP contribution in [0.15, 0.2) is 85.0 Å². The molecule has 2 aromatic rings. The van der Waals surface area contributed by atoms with Crippen molar-refractivity contribution >= 4 is 24.7 Å². The van der Waals surface area contributed by atoms with Crippen LogP contribution in [0.5, 0.6) is 0 Å². The van der Waals surface area contributed by atoms with Crippen LogP contribution in [0.2, 0.25) is 5.04 Å².